The molecule has 4 N–H and O–H groups in total. The Morgan fingerprint density at radius 1 is 0.864 bits per heavy atom. The Balaban J connectivity index is 0.000000235. The van der Waals surface area contributed by atoms with Crippen LogP contribution >= 0.6 is 0 Å². The highest BCUT2D eigenvalue weighted by Crippen LogP contribution is 2.29. The van der Waals surface area contributed by atoms with Gasteiger partial charge in [0.2, 0.25) is 0 Å². The number of nitrogens with zero attached hydrogens (tertiary/aromatic N) is 2. The largest absolute Gasteiger partial charge is 0.397 e. The van der Waals surface area contributed by atoms with Gasteiger partial charge in [-0.1, -0.05) is 24.3 Å². The summed E-state index contributed by atoms with van der Waals surface area (Å²) in [6.07, 6.45) is 0. The lowest BCUT2D eigenvalue weighted by molar-refractivity contribution is -0.422. The summed E-state index contributed by atoms with van der Waals surface area (Å²) in [5.74, 6) is 0. The van der Waals surface area contributed by atoms with Crippen molar-refractivity contribution in [1.82, 2.24) is 0 Å². The monoisotopic (exact) mass is 304 g/mol. The van der Waals surface area contributed by atoms with Gasteiger partial charge in [0.05, 0.1) is 21.2 Å². The molecule has 0 spiro atoms. The Bertz CT molecular complexity index is 696. The normalized spacial score (nSPS) is 9.55. The first kappa shape index (κ1) is 16.9. The molecule has 116 valence electrons. The summed E-state index contributed by atoms with van der Waals surface area (Å²) in [6, 6.07) is 9.62. The minimum Gasteiger partial charge on any atom is -0.397 e. The molecule has 0 aromatic heterocycles. The van der Waals surface area contributed by atoms with Crippen molar-refractivity contribution >= 4 is 22.7 Å². The van der Waals surface area contributed by atoms with E-state index in [0.717, 1.165) is 11.6 Å². The molecule has 0 aliphatic heterocycles. The van der Waals surface area contributed by atoms with Crippen LogP contribution in [-0.4, -0.2) is 9.85 Å². The van der Waals surface area contributed by atoms with Gasteiger partial charge in [0.15, 0.2) is 0 Å². The first-order valence-electron chi connectivity index (χ1n) is 6.24. The third-order valence-electron chi connectivity index (χ3n) is 2.95. The number of nitrogens with two attached hydrogens (primary N) is 2. The predicted octanol–water partition coefficient (Wildman–Crippen LogP) is 2.97. The van der Waals surface area contributed by atoms with Crippen molar-refractivity contribution in [3.8, 4) is 0 Å². The number of benzene rings is 2. The summed E-state index contributed by atoms with van der Waals surface area (Å²) in [6.45, 7) is 3.40. The first-order valence-corrected chi connectivity index (χ1v) is 6.24. The lowest BCUT2D eigenvalue weighted by Crippen LogP contribution is -1.98. The van der Waals surface area contributed by atoms with E-state index in [0.29, 0.717) is 16.9 Å². The number of hydrogen-bond donors (Lipinski definition) is 2. The van der Waals surface area contributed by atoms with Gasteiger partial charge in [-0.3, -0.25) is 20.2 Å². The number of aryl methyl sites for hydroxylation is 2. The van der Waals surface area contributed by atoms with Crippen LogP contribution in [0.3, 0.4) is 0 Å². The quantitative estimate of drug-likeness (QED) is 0.496. The summed E-state index contributed by atoms with van der Waals surface area (Å²) < 4.78 is 0. The summed E-state index contributed by atoms with van der Waals surface area (Å²) in [5, 5.41) is 20.8. The van der Waals surface area contributed by atoms with E-state index in [9.17, 15) is 20.2 Å². The maximum atomic E-state index is 10.4. The van der Waals surface area contributed by atoms with Crippen LogP contribution in [0.5, 0.6) is 0 Å². The highest BCUT2D eigenvalue weighted by atomic mass is 16.6. The van der Waals surface area contributed by atoms with Gasteiger partial charge in [0, 0.05) is 11.6 Å². The Kier molecular flexibility index (Phi) is 5.39. The zero-order chi connectivity index (χ0) is 16.9. The Morgan fingerprint density at radius 3 is 1.82 bits per heavy atom. The standard InChI is InChI=1S/C7H6N2O4.C7H10N2/c1-5-3-2-4-6(8(10)11)7(5)9(12)13;1-5-3-2-4-6(8)7(5)9/h2-4H,1H3;2-4H,8-9H2,1H3. The van der Waals surface area contributed by atoms with E-state index in [4.69, 9.17) is 11.5 Å². The van der Waals surface area contributed by atoms with Gasteiger partial charge in [-0.2, -0.15) is 0 Å². The molecule has 2 aromatic carbocycles. The van der Waals surface area contributed by atoms with Crippen molar-refractivity contribution in [1.29, 1.82) is 0 Å². The molecule has 0 bridgehead atoms. The average molecular weight is 304 g/mol. The molecule has 2 aromatic rings. The number of para-hydroxylation sites is 2. The number of nitro benzene ring substituents is 2. The maximum Gasteiger partial charge on any atom is 0.348 e. The fraction of sp³-hybridized carbons (Fsp3) is 0.143. The molecule has 8 heteroatoms. The summed E-state index contributed by atoms with van der Waals surface area (Å²) in [7, 11) is 0. The topological polar surface area (TPSA) is 138 Å². The molecule has 0 amide bonds. The Hall–Kier alpha value is -3.16. The van der Waals surface area contributed by atoms with Crippen LogP contribution in [0.1, 0.15) is 11.1 Å². The minimum atomic E-state index is -0.759. The van der Waals surface area contributed by atoms with Crippen molar-refractivity contribution in [3.05, 3.63) is 67.8 Å². The molecule has 0 fully saturated rings. The minimum absolute atomic E-state index is 0.291. The second-order valence-electron chi connectivity index (χ2n) is 4.53. The van der Waals surface area contributed by atoms with E-state index in [1.807, 2.05) is 19.1 Å². The third-order valence-corrected chi connectivity index (χ3v) is 2.95. The highest BCUT2D eigenvalue weighted by molar-refractivity contribution is 5.66. The van der Waals surface area contributed by atoms with Crippen LogP contribution in [0.2, 0.25) is 0 Å². The molecule has 0 atom stereocenters. The number of nitrogen functional groups attached to an aromatic ring is 2. The van der Waals surface area contributed by atoms with E-state index in [1.54, 1.807) is 6.07 Å². The lowest BCUT2D eigenvalue weighted by atomic mass is 10.2. The third kappa shape index (κ3) is 3.92. The number of anilines is 2. The lowest BCUT2D eigenvalue weighted by Gasteiger charge is -2.00. The Labute approximate surface area is 126 Å². The maximum absolute atomic E-state index is 10.4. The molecule has 0 unspecified atom stereocenters. The van der Waals surface area contributed by atoms with E-state index in [2.05, 4.69) is 0 Å². The van der Waals surface area contributed by atoms with Gasteiger partial charge in [-0.25, -0.2) is 0 Å². The van der Waals surface area contributed by atoms with E-state index >= 15 is 0 Å². The zero-order valence-corrected chi connectivity index (χ0v) is 12.1. The van der Waals surface area contributed by atoms with Gasteiger partial charge in [-0.15, -0.1) is 0 Å². The van der Waals surface area contributed by atoms with Crippen LogP contribution < -0.4 is 11.5 Å². The van der Waals surface area contributed by atoms with Crippen LogP contribution in [0.15, 0.2) is 36.4 Å². The molecule has 0 saturated heterocycles. The zero-order valence-electron chi connectivity index (χ0n) is 12.1. The molecule has 0 heterocycles. The highest BCUT2D eigenvalue weighted by Gasteiger charge is 2.25. The van der Waals surface area contributed by atoms with E-state index in [1.165, 1.54) is 19.1 Å². The van der Waals surface area contributed by atoms with Crippen LogP contribution in [0, 0.1) is 34.1 Å². The van der Waals surface area contributed by atoms with Gasteiger partial charge in [0.25, 0.3) is 0 Å². The fourth-order valence-corrected chi connectivity index (χ4v) is 1.73. The van der Waals surface area contributed by atoms with E-state index < -0.39 is 21.2 Å². The average Bonchev–Trinajstić information content (AvgIpc) is 2.44. The number of hydrogen-bond acceptors (Lipinski definition) is 6. The SMILES string of the molecule is Cc1cccc(N)c1N.Cc1cccc([N+](=O)[O-])c1[N+](=O)[O-]. The number of rotatable bonds is 2. The van der Waals surface area contributed by atoms with Crippen molar-refractivity contribution in [2.45, 2.75) is 13.8 Å². The molecule has 22 heavy (non-hydrogen) atoms. The molecule has 0 aliphatic carbocycles. The van der Waals surface area contributed by atoms with Crippen LogP contribution in [-0.2, 0) is 0 Å². The van der Waals surface area contributed by atoms with Gasteiger partial charge < -0.3 is 11.5 Å². The first-order chi connectivity index (χ1) is 10.3. The smallest absolute Gasteiger partial charge is 0.348 e. The van der Waals surface area contributed by atoms with Crippen molar-refractivity contribution in [3.63, 3.8) is 0 Å². The van der Waals surface area contributed by atoms with Crippen LogP contribution in [0.25, 0.3) is 0 Å². The van der Waals surface area contributed by atoms with Crippen molar-refractivity contribution in [2.24, 2.45) is 0 Å². The fourth-order valence-electron chi connectivity index (χ4n) is 1.73. The molecule has 8 nitrogen and oxygen atoms in total. The van der Waals surface area contributed by atoms with Crippen molar-refractivity contribution in [2.75, 3.05) is 11.5 Å². The van der Waals surface area contributed by atoms with Gasteiger partial charge in [0.1, 0.15) is 0 Å². The molecule has 0 radical (unpaired) electrons. The van der Waals surface area contributed by atoms with Crippen LogP contribution in [0.4, 0.5) is 22.7 Å². The summed E-state index contributed by atoms with van der Waals surface area (Å²) >= 11 is 0. The molecule has 0 saturated carbocycles. The Morgan fingerprint density at radius 2 is 1.41 bits per heavy atom. The van der Waals surface area contributed by atoms with Crippen molar-refractivity contribution < 1.29 is 9.85 Å². The summed E-state index contributed by atoms with van der Waals surface area (Å²) in [4.78, 5) is 19.3. The van der Waals surface area contributed by atoms with E-state index in [-0.39, 0.29) is 0 Å². The molecule has 0 aliphatic rings. The number of nitro groups is 2. The predicted molar refractivity (Wildman–Crippen MR) is 84.5 cm³/mol. The second-order valence-corrected chi connectivity index (χ2v) is 4.53. The molecular formula is C14H16N4O4. The molecular weight excluding hydrogens is 288 g/mol. The second kappa shape index (κ2) is 7.02. The molecule has 2 rings (SSSR count). The summed E-state index contributed by atoms with van der Waals surface area (Å²) in [5.41, 5.74) is 12.8. The van der Waals surface area contributed by atoms with Gasteiger partial charge in [-0.05, 0) is 25.5 Å². The van der Waals surface area contributed by atoms with Gasteiger partial charge >= 0.3 is 11.4 Å².